The maximum absolute atomic E-state index is 13.0. The van der Waals surface area contributed by atoms with Gasteiger partial charge in [-0.15, -0.1) is 0 Å². The third kappa shape index (κ3) is 66.5. The van der Waals surface area contributed by atoms with Gasteiger partial charge in [0, 0.05) is 25.7 Å². The quantitative estimate of drug-likeness (QED) is 0.0222. The van der Waals surface area contributed by atoms with Gasteiger partial charge < -0.3 is 33.8 Å². The summed E-state index contributed by atoms with van der Waals surface area (Å²) in [5, 5.41) is 10.6. The third-order valence-corrected chi connectivity index (χ3v) is 18.6. The minimum absolute atomic E-state index is 0.104. The van der Waals surface area contributed by atoms with Crippen molar-refractivity contribution in [2.45, 2.75) is 387 Å². The number of carbonyl (C=O) groups is 4. The van der Waals surface area contributed by atoms with Gasteiger partial charge in [0.25, 0.3) is 0 Å². The van der Waals surface area contributed by atoms with Gasteiger partial charge in [0.05, 0.1) is 26.4 Å². The molecule has 91 heavy (non-hydrogen) atoms. The molecule has 0 bridgehead atoms. The molecule has 0 heterocycles. The summed E-state index contributed by atoms with van der Waals surface area (Å²) < 4.78 is 68.3. The molecule has 0 spiro atoms. The van der Waals surface area contributed by atoms with Crippen molar-refractivity contribution in [1.29, 1.82) is 0 Å². The molecule has 2 unspecified atom stereocenters. The van der Waals surface area contributed by atoms with E-state index in [1.54, 1.807) is 0 Å². The molecule has 19 heteroatoms. The molecule has 5 atom stereocenters. The third-order valence-electron chi connectivity index (χ3n) is 16.7. The van der Waals surface area contributed by atoms with Crippen LogP contribution in [0.4, 0.5) is 0 Å². The van der Waals surface area contributed by atoms with Gasteiger partial charge in [0.2, 0.25) is 0 Å². The second kappa shape index (κ2) is 64.1. The van der Waals surface area contributed by atoms with Crippen LogP contribution >= 0.6 is 15.6 Å². The zero-order valence-corrected chi connectivity index (χ0v) is 60.9. The first-order valence-corrected chi connectivity index (χ1v) is 40.5. The van der Waals surface area contributed by atoms with Crippen LogP contribution in [0.5, 0.6) is 0 Å². The number of esters is 4. The monoisotopic (exact) mass is 1340 g/mol. The number of hydrogen-bond acceptors (Lipinski definition) is 15. The van der Waals surface area contributed by atoms with Gasteiger partial charge in [-0.1, -0.05) is 318 Å². The van der Waals surface area contributed by atoms with Crippen molar-refractivity contribution in [3.8, 4) is 0 Å². The molecule has 0 saturated heterocycles. The van der Waals surface area contributed by atoms with E-state index in [1.807, 2.05) is 0 Å². The number of rotatable bonds is 71. The Morgan fingerprint density at radius 3 is 0.747 bits per heavy atom. The van der Waals surface area contributed by atoms with E-state index in [1.165, 1.54) is 186 Å². The van der Waals surface area contributed by atoms with Crippen LogP contribution in [-0.4, -0.2) is 96.7 Å². The highest BCUT2D eigenvalue weighted by molar-refractivity contribution is 7.47. The molecule has 0 aromatic rings. The van der Waals surface area contributed by atoms with Gasteiger partial charge in [-0.3, -0.25) is 37.3 Å². The summed E-state index contributed by atoms with van der Waals surface area (Å²) in [6, 6.07) is 0. The first-order chi connectivity index (χ1) is 43.9. The van der Waals surface area contributed by atoms with Crippen molar-refractivity contribution in [3.05, 3.63) is 0 Å². The molecule has 540 valence electrons. The van der Waals surface area contributed by atoms with E-state index in [2.05, 4.69) is 41.5 Å². The van der Waals surface area contributed by atoms with Crippen LogP contribution in [0.25, 0.3) is 0 Å². The van der Waals surface area contributed by atoms with E-state index in [9.17, 15) is 43.2 Å². The van der Waals surface area contributed by atoms with Crippen LogP contribution in [0.2, 0.25) is 0 Å². The van der Waals surface area contributed by atoms with E-state index < -0.39 is 97.5 Å². The summed E-state index contributed by atoms with van der Waals surface area (Å²) in [5.41, 5.74) is 0. The second-order valence-corrected chi connectivity index (χ2v) is 29.8. The predicted octanol–water partition coefficient (Wildman–Crippen LogP) is 20.8. The van der Waals surface area contributed by atoms with Crippen LogP contribution in [0.1, 0.15) is 369 Å². The lowest BCUT2D eigenvalue weighted by Crippen LogP contribution is -2.30. The van der Waals surface area contributed by atoms with Gasteiger partial charge in [0.1, 0.15) is 19.3 Å². The maximum Gasteiger partial charge on any atom is 0.472 e. The summed E-state index contributed by atoms with van der Waals surface area (Å²) in [6.07, 6.45) is 50.1. The van der Waals surface area contributed by atoms with E-state index in [-0.39, 0.29) is 25.7 Å². The SMILES string of the molecule is CCCCCCCCCCCCCCCCCCCCCC(=O)O[C@H](COC(=O)CCCCCCCCCCCC(C)C)COP(=O)(O)OC[C@@H](O)COP(=O)(O)OC[C@@H](COC(=O)CCCCCCCCCCCC)OC(=O)CCCCCCCCCC(C)C. The highest BCUT2D eigenvalue weighted by atomic mass is 31.2. The molecular formula is C72H140O17P2. The van der Waals surface area contributed by atoms with Gasteiger partial charge in [-0.25, -0.2) is 9.13 Å². The molecule has 0 aromatic heterocycles. The van der Waals surface area contributed by atoms with Crippen molar-refractivity contribution in [3.63, 3.8) is 0 Å². The number of carbonyl (C=O) groups excluding carboxylic acids is 4. The summed E-state index contributed by atoms with van der Waals surface area (Å²) in [5.74, 6) is -0.685. The number of phosphoric acid groups is 2. The van der Waals surface area contributed by atoms with Crippen molar-refractivity contribution in [2.75, 3.05) is 39.6 Å². The minimum atomic E-state index is -4.95. The Bertz CT molecular complexity index is 1770. The van der Waals surface area contributed by atoms with Gasteiger partial charge in [-0.2, -0.15) is 0 Å². The Balaban J connectivity index is 5.20. The highest BCUT2D eigenvalue weighted by Gasteiger charge is 2.30. The summed E-state index contributed by atoms with van der Waals surface area (Å²) >= 11 is 0. The number of phosphoric ester groups is 2. The molecule has 0 amide bonds. The van der Waals surface area contributed by atoms with Crippen LogP contribution in [0.15, 0.2) is 0 Å². The van der Waals surface area contributed by atoms with E-state index in [4.69, 9.17) is 37.0 Å². The van der Waals surface area contributed by atoms with Gasteiger partial charge in [0.15, 0.2) is 12.2 Å². The number of hydrogen-bond donors (Lipinski definition) is 3. The van der Waals surface area contributed by atoms with E-state index in [0.717, 1.165) is 95.8 Å². The smallest absolute Gasteiger partial charge is 0.462 e. The van der Waals surface area contributed by atoms with Crippen LogP contribution < -0.4 is 0 Å². The lowest BCUT2D eigenvalue weighted by Gasteiger charge is -2.21. The normalized spacial score (nSPS) is 14.1. The zero-order valence-electron chi connectivity index (χ0n) is 59.1. The number of aliphatic hydroxyl groups is 1. The molecule has 0 rings (SSSR count). The van der Waals surface area contributed by atoms with Gasteiger partial charge in [-0.05, 0) is 37.5 Å². The van der Waals surface area contributed by atoms with Crippen molar-refractivity contribution >= 4 is 39.5 Å². The molecule has 0 aromatic carbocycles. The van der Waals surface area contributed by atoms with E-state index >= 15 is 0 Å². The molecule has 0 saturated carbocycles. The highest BCUT2D eigenvalue weighted by Crippen LogP contribution is 2.45. The Kier molecular flexibility index (Phi) is 62.7. The Labute approximate surface area is 556 Å². The zero-order chi connectivity index (χ0) is 67.2. The summed E-state index contributed by atoms with van der Waals surface area (Å²) in [4.78, 5) is 72.5. The predicted molar refractivity (Wildman–Crippen MR) is 368 cm³/mol. The Hall–Kier alpha value is -1.94. The summed E-state index contributed by atoms with van der Waals surface area (Å²) in [6.45, 7) is 9.47. The lowest BCUT2D eigenvalue weighted by molar-refractivity contribution is -0.161. The molecule has 0 aliphatic rings. The minimum Gasteiger partial charge on any atom is -0.462 e. The maximum atomic E-state index is 13.0. The van der Waals surface area contributed by atoms with Crippen molar-refractivity contribution in [2.24, 2.45) is 11.8 Å². The van der Waals surface area contributed by atoms with Gasteiger partial charge >= 0.3 is 39.5 Å². The fourth-order valence-electron chi connectivity index (χ4n) is 10.9. The first-order valence-electron chi connectivity index (χ1n) is 37.5. The standard InChI is InChI=1S/C72H140O17P2/c1-7-9-11-13-15-17-19-20-21-22-23-24-25-26-27-31-38-44-50-56-71(76)88-67(60-83-70(75)55-49-43-37-32-28-29-34-40-46-52-64(3)4)62-86-90(78,79)84-58-66(73)59-85-91(80,81)87-63-68(89-72(77)57-51-45-39-33-35-41-47-53-65(5)6)61-82-69(74)54-48-42-36-30-18-16-14-12-10-8-2/h64-68,73H,7-63H2,1-6H3,(H,78,79)(H,80,81)/t66-,67-,68-/m1/s1. The molecular weight excluding hydrogens is 1200 g/mol. The second-order valence-electron chi connectivity index (χ2n) is 26.9. The Morgan fingerprint density at radius 1 is 0.297 bits per heavy atom. The van der Waals surface area contributed by atoms with Crippen molar-refractivity contribution in [1.82, 2.24) is 0 Å². The summed E-state index contributed by atoms with van der Waals surface area (Å²) in [7, 11) is -9.90. The van der Waals surface area contributed by atoms with Crippen molar-refractivity contribution < 1.29 is 80.2 Å². The fourth-order valence-corrected chi connectivity index (χ4v) is 12.5. The number of ether oxygens (including phenoxy) is 4. The lowest BCUT2D eigenvalue weighted by atomic mass is 10.0. The molecule has 0 aliphatic carbocycles. The number of unbranched alkanes of at least 4 members (excludes halogenated alkanes) is 41. The molecule has 0 aliphatic heterocycles. The number of aliphatic hydroxyl groups excluding tert-OH is 1. The Morgan fingerprint density at radius 2 is 0.505 bits per heavy atom. The molecule has 17 nitrogen and oxygen atoms in total. The fraction of sp³-hybridized carbons (Fsp3) is 0.944. The van der Waals surface area contributed by atoms with Crippen LogP contribution in [0, 0.1) is 11.8 Å². The average Bonchev–Trinajstić information content (AvgIpc) is 3.06. The molecule has 3 N–H and O–H groups in total. The molecule has 0 radical (unpaired) electrons. The van der Waals surface area contributed by atoms with E-state index in [0.29, 0.717) is 31.6 Å². The topological polar surface area (TPSA) is 237 Å². The largest absolute Gasteiger partial charge is 0.472 e. The average molecular weight is 1340 g/mol. The molecule has 0 fully saturated rings. The van der Waals surface area contributed by atoms with Crippen LogP contribution in [-0.2, 0) is 65.4 Å². The van der Waals surface area contributed by atoms with Crippen LogP contribution in [0.3, 0.4) is 0 Å². The first kappa shape index (κ1) is 89.1.